The summed E-state index contributed by atoms with van der Waals surface area (Å²) < 4.78 is 1.85. The van der Waals surface area contributed by atoms with E-state index < -0.39 is 0 Å². The van der Waals surface area contributed by atoms with Crippen LogP contribution in [0.1, 0.15) is 4.88 Å². The molecule has 0 atom stereocenters. The fourth-order valence-electron chi connectivity index (χ4n) is 1.36. The van der Waals surface area contributed by atoms with Crippen LogP contribution in [0, 0.1) is 17.0 Å². The molecule has 3 nitrogen and oxygen atoms in total. The molecular formula is C9H6BrNO2S. The van der Waals surface area contributed by atoms with Gasteiger partial charge in [0.15, 0.2) is 0 Å². The zero-order chi connectivity index (χ0) is 10.3. The highest BCUT2D eigenvalue weighted by atomic mass is 79.9. The monoisotopic (exact) mass is 271 g/mol. The summed E-state index contributed by atoms with van der Waals surface area (Å²) in [6.07, 6.45) is 0. The van der Waals surface area contributed by atoms with Crippen molar-refractivity contribution in [1.82, 2.24) is 0 Å². The highest BCUT2D eigenvalue weighted by Crippen LogP contribution is 2.37. The van der Waals surface area contributed by atoms with E-state index in [4.69, 9.17) is 0 Å². The van der Waals surface area contributed by atoms with E-state index >= 15 is 0 Å². The molecule has 0 spiro atoms. The van der Waals surface area contributed by atoms with Crippen LogP contribution in [-0.4, -0.2) is 4.92 Å². The Hall–Kier alpha value is -0.940. The van der Waals surface area contributed by atoms with Gasteiger partial charge in [0.05, 0.1) is 15.0 Å². The second-order valence-corrected chi connectivity index (χ2v) is 5.03. The van der Waals surface area contributed by atoms with E-state index in [0.29, 0.717) is 5.39 Å². The number of aryl methyl sites for hydroxylation is 1. The molecule has 0 saturated heterocycles. The van der Waals surface area contributed by atoms with E-state index in [2.05, 4.69) is 15.9 Å². The molecule has 1 aromatic carbocycles. The third-order valence-corrected chi connectivity index (χ3v) is 3.94. The molecule has 0 unspecified atom stereocenters. The zero-order valence-corrected chi connectivity index (χ0v) is 9.68. The Labute approximate surface area is 92.6 Å². The molecule has 2 aromatic rings. The van der Waals surface area contributed by atoms with Crippen LogP contribution in [0.25, 0.3) is 10.1 Å². The van der Waals surface area contributed by atoms with Crippen molar-refractivity contribution in [2.24, 2.45) is 0 Å². The Bertz CT molecular complexity index is 521. The average Bonchev–Trinajstić information content (AvgIpc) is 2.47. The van der Waals surface area contributed by atoms with Gasteiger partial charge in [0.25, 0.3) is 5.69 Å². The summed E-state index contributed by atoms with van der Waals surface area (Å²) in [7, 11) is 0. The van der Waals surface area contributed by atoms with Gasteiger partial charge >= 0.3 is 0 Å². The summed E-state index contributed by atoms with van der Waals surface area (Å²) in [5.74, 6) is 0. The average molecular weight is 272 g/mol. The SMILES string of the molecule is Cc1cc2c([N+](=O)[O-])ccc(Br)c2s1. The van der Waals surface area contributed by atoms with E-state index in [1.165, 1.54) is 6.07 Å². The Kier molecular flexibility index (Phi) is 2.28. The van der Waals surface area contributed by atoms with Crippen LogP contribution in [0.4, 0.5) is 5.69 Å². The summed E-state index contributed by atoms with van der Waals surface area (Å²) in [5.41, 5.74) is 0.174. The van der Waals surface area contributed by atoms with Gasteiger partial charge in [0.1, 0.15) is 0 Å². The smallest absolute Gasteiger partial charge is 0.258 e. The number of nitrogens with zero attached hydrogens (tertiary/aromatic N) is 1. The molecule has 0 aliphatic carbocycles. The maximum atomic E-state index is 10.7. The molecule has 14 heavy (non-hydrogen) atoms. The maximum Gasteiger partial charge on any atom is 0.278 e. The number of nitro groups is 1. The lowest BCUT2D eigenvalue weighted by molar-refractivity contribution is -0.383. The Morgan fingerprint density at radius 3 is 2.86 bits per heavy atom. The van der Waals surface area contributed by atoms with E-state index in [0.717, 1.165) is 14.0 Å². The fraction of sp³-hybridized carbons (Fsp3) is 0.111. The number of non-ortho nitro benzene ring substituents is 1. The van der Waals surface area contributed by atoms with Crippen LogP contribution in [0.3, 0.4) is 0 Å². The van der Waals surface area contributed by atoms with Gasteiger partial charge in [-0.15, -0.1) is 11.3 Å². The third-order valence-electron chi connectivity index (χ3n) is 1.93. The van der Waals surface area contributed by atoms with Gasteiger partial charge in [-0.3, -0.25) is 10.1 Å². The summed E-state index contributed by atoms with van der Waals surface area (Å²) >= 11 is 4.94. The van der Waals surface area contributed by atoms with Crippen LogP contribution in [0.2, 0.25) is 0 Å². The Morgan fingerprint density at radius 2 is 2.21 bits per heavy atom. The van der Waals surface area contributed by atoms with Gasteiger partial charge in [-0.25, -0.2) is 0 Å². The highest BCUT2D eigenvalue weighted by molar-refractivity contribution is 9.10. The molecular weight excluding hydrogens is 266 g/mol. The van der Waals surface area contributed by atoms with Gasteiger partial charge < -0.3 is 0 Å². The predicted octanol–water partition coefficient (Wildman–Crippen LogP) is 3.88. The maximum absolute atomic E-state index is 10.7. The molecule has 5 heteroatoms. The largest absolute Gasteiger partial charge is 0.278 e. The van der Waals surface area contributed by atoms with E-state index in [1.807, 2.05) is 13.0 Å². The van der Waals surface area contributed by atoms with Crippen molar-refractivity contribution < 1.29 is 4.92 Å². The molecule has 2 rings (SSSR count). The van der Waals surface area contributed by atoms with Crippen molar-refractivity contribution >= 4 is 43.0 Å². The van der Waals surface area contributed by atoms with Crippen molar-refractivity contribution in [2.45, 2.75) is 6.92 Å². The number of fused-ring (bicyclic) bond motifs is 1. The summed E-state index contributed by atoms with van der Waals surface area (Å²) in [5, 5.41) is 11.4. The minimum Gasteiger partial charge on any atom is -0.258 e. The standard InChI is InChI=1S/C9H6BrNO2S/c1-5-4-6-8(11(12)13)3-2-7(10)9(6)14-5/h2-4H,1H3. The van der Waals surface area contributed by atoms with Gasteiger partial charge in [-0.2, -0.15) is 0 Å². The summed E-state index contributed by atoms with van der Waals surface area (Å²) in [4.78, 5) is 11.5. The lowest BCUT2D eigenvalue weighted by Gasteiger charge is -1.95. The molecule has 0 aliphatic heterocycles. The lowest BCUT2D eigenvalue weighted by Crippen LogP contribution is -1.87. The topological polar surface area (TPSA) is 43.1 Å². The van der Waals surface area contributed by atoms with Crippen molar-refractivity contribution in [1.29, 1.82) is 0 Å². The Morgan fingerprint density at radius 1 is 1.50 bits per heavy atom. The van der Waals surface area contributed by atoms with Gasteiger partial charge in [0.2, 0.25) is 0 Å². The third kappa shape index (κ3) is 1.42. The highest BCUT2D eigenvalue weighted by Gasteiger charge is 2.15. The quantitative estimate of drug-likeness (QED) is 0.584. The van der Waals surface area contributed by atoms with Crippen molar-refractivity contribution in [2.75, 3.05) is 0 Å². The molecule has 1 aromatic heterocycles. The number of halogens is 1. The first-order valence-electron chi connectivity index (χ1n) is 3.92. The molecule has 0 N–H and O–H groups in total. The minimum absolute atomic E-state index is 0.174. The number of thiophene rings is 1. The number of rotatable bonds is 1. The van der Waals surface area contributed by atoms with E-state index in [1.54, 1.807) is 17.4 Å². The second-order valence-electron chi connectivity index (χ2n) is 2.92. The molecule has 0 bridgehead atoms. The van der Waals surface area contributed by atoms with Crippen LogP contribution in [-0.2, 0) is 0 Å². The van der Waals surface area contributed by atoms with Crippen molar-refractivity contribution in [3.8, 4) is 0 Å². The van der Waals surface area contributed by atoms with E-state index in [9.17, 15) is 10.1 Å². The first-order valence-corrected chi connectivity index (χ1v) is 5.53. The van der Waals surface area contributed by atoms with Crippen LogP contribution in [0.5, 0.6) is 0 Å². The number of hydrogen-bond acceptors (Lipinski definition) is 3. The molecule has 0 saturated carbocycles. The molecule has 1 heterocycles. The normalized spacial score (nSPS) is 10.7. The van der Waals surface area contributed by atoms with Crippen LogP contribution >= 0.6 is 27.3 Å². The van der Waals surface area contributed by atoms with Crippen LogP contribution < -0.4 is 0 Å². The fourth-order valence-corrected chi connectivity index (χ4v) is 2.88. The summed E-state index contributed by atoms with van der Waals surface area (Å²) in [6.45, 7) is 1.95. The first-order chi connectivity index (χ1) is 6.59. The number of hydrogen-bond donors (Lipinski definition) is 0. The Balaban J connectivity index is 2.87. The summed E-state index contributed by atoms with van der Waals surface area (Å²) in [6, 6.07) is 5.10. The molecule has 0 aliphatic rings. The molecule has 0 fully saturated rings. The molecule has 72 valence electrons. The minimum atomic E-state index is -0.346. The van der Waals surface area contributed by atoms with Gasteiger partial charge in [-0.05, 0) is 35.0 Å². The molecule has 0 radical (unpaired) electrons. The van der Waals surface area contributed by atoms with E-state index in [-0.39, 0.29) is 10.6 Å². The predicted molar refractivity (Wildman–Crippen MR) is 60.9 cm³/mol. The number of benzene rings is 1. The number of nitro benzene ring substituents is 1. The van der Waals surface area contributed by atoms with Crippen molar-refractivity contribution in [3.63, 3.8) is 0 Å². The lowest BCUT2D eigenvalue weighted by atomic mass is 10.2. The van der Waals surface area contributed by atoms with Gasteiger partial charge in [-0.1, -0.05) is 0 Å². The van der Waals surface area contributed by atoms with Gasteiger partial charge in [0, 0.05) is 15.4 Å². The first kappa shape index (κ1) is 9.61. The van der Waals surface area contributed by atoms with Crippen molar-refractivity contribution in [3.05, 3.63) is 37.7 Å². The second kappa shape index (κ2) is 3.33. The molecule has 0 amide bonds. The van der Waals surface area contributed by atoms with Crippen LogP contribution in [0.15, 0.2) is 22.7 Å². The zero-order valence-electron chi connectivity index (χ0n) is 7.28.